The molecule has 0 atom stereocenters. The first-order valence-electron chi connectivity index (χ1n) is 9.39. The third kappa shape index (κ3) is 2.91. The Labute approximate surface area is 154 Å². The molecule has 5 nitrogen and oxygen atoms in total. The first kappa shape index (κ1) is 16.9. The zero-order chi connectivity index (χ0) is 18.3. The number of nitrogens with zero attached hydrogens (tertiary/aromatic N) is 3. The molecule has 5 heteroatoms. The second-order valence-electron chi connectivity index (χ2n) is 7.54. The number of likely N-dealkylation sites (tertiary alicyclic amines) is 1. The normalized spacial score (nSPS) is 15.7. The fourth-order valence-corrected chi connectivity index (χ4v) is 4.16. The summed E-state index contributed by atoms with van der Waals surface area (Å²) in [5.74, 6) is 0.724. The van der Waals surface area contributed by atoms with E-state index in [1.165, 1.54) is 16.5 Å². The fourth-order valence-electron chi connectivity index (χ4n) is 4.16. The molecule has 0 aliphatic carbocycles. The van der Waals surface area contributed by atoms with Gasteiger partial charge in [0.1, 0.15) is 5.69 Å². The Morgan fingerprint density at radius 3 is 2.58 bits per heavy atom. The summed E-state index contributed by atoms with van der Waals surface area (Å²) in [4.78, 5) is 18.5. The number of fused-ring (bicyclic) bond motifs is 1. The van der Waals surface area contributed by atoms with Crippen molar-refractivity contribution in [2.24, 2.45) is 5.92 Å². The van der Waals surface area contributed by atoms with E-state index in [4.69, 9.17) is 0 Å². The van der Waals surface area contributed by atoms with Gasteiger partial charge in [-0.1, -0.05) is 12.1 Å². The molecule has 1 amide bonds. The van der Waals surface area contributed by atoms with Crippen LogP contribution in [0.25, 0.3) is 10.9 Å². The van der Waals surface area contributed by atoms with E-state index < -0.39 is 0 Å². The highest BCUT2D eigenvalue weighted by atomic mass is 16.2. The number of aromatic amines is 1. The summed E-state index contributed by atoms with van der Waals surface area (Å²) < 4.78 is 2.00. The highest BCUT2D eigenvalue weighted by molar-refractivity contribution is 6.02. The van der Waals surface area contributed by atoms with Crippen molar-refractivity contribution < 1.29 is 4.79 Å². The first-order chi connectivity index (χ1) is 12.5. The molecule has 0 radical (unpaired) electrons. The molecule has 26 heavy (non-hydrogen) atoms. The van der Waals surface area contributed by atoms with Crippen LogP contribution < -0.4 is 0 Å². The van der Waals surface area contributed by atoms with Gasteiger partial charge in [0, 0.05) is 42.9 Å². The number of piperidine rings is 1. The molecule has 3 aromatic rings. The Bertz CT molecular complexity index is 931. The SMILES string of the molecule is Cc1ccc(C)c2c(C)c(C(=O)N3CCC(Cn4cccn4)CC3)[nH]c12. The van der Waals surface area contributed by atoms with E-state index in [0.29, 0.717) is 5.92 Å². The minimum absolute atomic E-state index is 0.134. The van der Waals surface area contributed by atoms with Crippen LogP contribution in [-0.4, -0.2) is 38.7 Å². The van der Waals surface area contributed by atoms with Crippen LogP contribution in [0, 0.1) is 26.7 Å². The lowest BCUT2D eigenvalue weighted by molar-refractivity contribution is 0.0675. The van der Waals surface area contributed by atoms with E-state index in [2.05, 4.69) is 43.0 Å². The van der Waals surface area contributed by atoms with Gasteiger partial charge in [0.15, 0.2) is 0 Å². The van der Waals surface area contributed by atoms with Gasteiger partial charge in [-0.25, -0.2) is 0 Å². The van der Waals surface area contributed by atoms with Crippen LogP contribution in [0.2, 0.25) is 0 Å². The van der Waals surface area contributed by atoms with Gasteiger partial charge in [0.2, 0.25) is 0 Å². The van der Waals surface area contributed by atoms with Crippen molar-refractivity contribution in [3.8, 4) is 0 Å². The summed E-state index contributed by atoms with van der Waals surface area (Å²) in [5.41, 5.74) is 5.33. The maximum absolute atomic E-state index is 13.1. The van der Waals surface area contributed by atoms with Gasteiger partial charge in [0.25, 0.3) is 5.91 Å². The summed E-state index contributed by atoms with van der Waals surface area (Å²) >= 11 is 0. The largest absolute Gasteiger partial charge is 0.350 e. The summed E-state index contributed by atoms with van der Waals surface area (Å²) in [7, 11) is 0. The van der Waals surface area contributed by atoms with Crippen molar-refractivity contribution in [2.75, 3.05) is 13.1 Å². The average Bonchev–Trinajstić information content (AvgIpc) is 3.27. The molecule has 1 aliphatic heterocycles. The summed E-state index contributed by atoms with van der Waals surface area (Å²) in [6, 6.07) is 6.21. The predicted octanol–water partition coefficient (Wildman–Crippen LogP) is 3.84. The Morgan fingerprint density at radius 1 is 1.19 bits per heavy atom. The minimum atomic E-state index is 0.134. The number of H-pyrrole nitrogens is 1. The number of aromatic nitrogens is 3. The third-order valence-electron chi connectivity index (χ3n) is 5.74. The van der Waals surface area contributed by atoms with Crippen molar-refractivity contribution in [2.45, 2.75) is 40.2 Å². The van der Waals surface area contributed by atoms with E-state index in [9.17, 15) is 4.79 Å². The number of rotatable bonds is 3. The molecule has 0 saturated carbocycles. The van der Waals surface area contributed by atoms with Gasteiger partial charge in [0.05, 0.1) is 0 Å². The van der Waals surface area contributed by atoms with Gasteiger partial charge in [-0.05, 0) is 62.3 Å². The maximum atomic E-state index is 13.1. The number of amides is 1. The molecule has 3 heterocycles. The van der Waals surface area contributed by atoms with Crippen molar-refractivity contribution in [3.63, 3.8) is 0 Å². The van der Waals surface area contributed by atoms with Crippen LogP contribution in [0.4, 0.5) is 0 Å². The predicted molar refractivity (Wildman–Crippen MR) is 103 cm³/mol. The molecule has 0 unspecified atom stereocenters. The number of hydrogen-bond donors (Lipinski definition) is 1. The smallest absolute Gasteiger partial charge is 0.270 e. The van der Waals surface area contributed by atoms with Crippen LogP contribution >= 0.6 is 0 Å². The second kappa shape index (κ2) is 6.63. The van der Waals surface area contributed by atoms with Crippen molar-refractivity contribution in [1.29, 1.82) is 0 Å². The number of nitrogens with one attached hydrogen (secondary N) is 1. The van der Waals surface area contributed by atoms with Gasteiger partial charge >= 0.3 is 0 Å². The lowest BCUT2D eigenvalue weighted by atomic mass is 9.96. The molecule has 136 valence electrons. The van der Waals surface area contributed by atoms with E-state index >= 15 is 0 Å². The van der Waals surface area contributed by atoms with Gasteiger partial charge in [-0.2, -0.15) is 5.10 Å². The lowest BCUT2D eigenvalue weighted by Gasteiger charge is -2.31. The first-order valence-corrected chi connectivity index (χ1v) is 9.39. The zero-order valence-corrected chi connectivity index (χ0v) is 15.7. The highest BCUT2D eigenvalue weighted by Crippen LogP contribution is 2.29. The summed E-state index contributed by atoms with van der Waals surface area (Å²) in [6.45, 7) is 8.83. The number of hydrogen-bond acceptors (Lipinski definition) is 2. The topological polar surface area (TPSA) is 53.9 Å². The average molecular weight is 350 g/mol. The summed E-state index contributed by atoms with van der Waals surface area (Å²) in [5, 5.41) is 5.49. The van der Waals surface area contributed by atoms with Crippen LogP contribution in [-0.2, 0) is 6.54 Å². The number of aryl methyl sites for hydroxylation is 3. The molecule has 1 aromatic carbocycles. The lowest BCUT2D eigenvalue weighted by Crippen LogP contribution is -2.39. The van der Waals surface area contributed by atoms with Gasteiger partial charge in [-0.3, -0.25) is 9.48 Å². The standard InChI is InChI=1S/C21H26N4O/c1-14-5-6-15(2)19-18(14)16(3)20(23-19)21(26)24-11-7-17(8-12-24)13-25-10-4-9-22-25/h4-6,9-10,17,23H,7-8,11-13H2,1-3H3. The van der Waals surface area contributed by atoms with Crippen LogP contribution in [0.15, 0.2) is 30.6 Å². The molecule has 1 saturated heterocycles. The highest BCUT2D eigenvalue weighted by Gasteiger charge is 2.26. The fraction of sp³-hybridized carbons (Fsp3) is 0.429. The molecular formula is C21H26N4O. The maximum Gasteiger partial charge on any atom is 0.270 e. The number of carbonyl (C=O) groups excluding carboxylic acids is 1. The Hall–Kier alpha value is -2.56. The number of carbonyl (C=O) groups is 1. The minimum Gasteiger partial charge on any atom is -0.350 e. The molecule has 1 aliphatic rings. The third-order valence-corrected chi connectivity index (χ3v) is 5.74. The van der Waals surface area contributed by atoms with E-state index in [1.807, 2.05) is 28.0 Å². The Morgan fingerprint density at radius 2 is 1.92 bits per heavy atom. The number of benzene rings is 1. The van der Waals surface area contributed by atoms with E-state index in [-0.39, 0.29) is 5.91 Å². The molecule has 0 bridgehead atoms. The molecule has 1 N–H and O–H groups in total. The molecule has 4 rings (SSSR count). The zero-order valence-electron chi connectivity index (χ0n) is 15.7. The Balaban J connectivity index is 1.50. The molecule has 2 aromatic heterocycles. The monoisotopic (exact) mass is 350 g/mol. The van der Waals surface area contributed by atoms with Crippen LogP contribution in [0.3, 0.4) is 0 Å². The van der Waals surface area contributed by atoms with Crippen molar-refractivity contribution >= 4 is 16.8 Å². The van der Waals surface area contributed by atoms with Crippen LogP contribution in [0.5, 0.6) is 0 Å². The molecule has 0 spiro atoms. The second-order valence-corrected chi connectivity index (χ2v) is 7.54. The quantitative estimate of drug-likeness (QED) is 0.780. The van der Waals surface area contributed by atoms with Crippen molar-refractivity contribution in [3.05, 3.63) is 53.0 Å². The molecule has 1 fully saturated rings. The van der Waals surface area contributed by atoms with Crippen molar-refractivity contribution in [1.82, 2.24) is 19.7 Å². The molecular weight excluding hydrogens is 324 g/mol. The van der Waals surface area contributed by atoms with E-state index in [0.717, 1.165) is 49.2 Å². The van der Waals surface area contributed by atoms with Gasteiger partial charge < -0.3 is 9.88 Å². The van der Waals surface area contributed by atoms with Gasteiger partial charge in [-0.15, -0.1) is 0 Å². The summed E-state index contributed by atoms with van der Waals surface area (Å²) in [6.07, 6.45) is 5.89. The van der Waals surface area contributed by atoms with E-state index in [1.54, 1.807) is 0 Å². The Kier molecular flexibility index (Phi) is 4.31. The van der Waals surface area contributed by atoms with Crippen LogP contribution in [0.1, 0.15) is 40.0 Å².